The number of hydrogen-bond donors (Lipinski definition) is 2. The van der Waals surface area contributed by atoms with Crippen molar-refractivity contribution in [2.45, 2.75) is 38.5 Å². The van der Waals surface area contributed by atoms with Crippen LogP contribution >= 0.6 is 0 Å². The van der Waals surface area contributed by atoms with Crippen molar-refractivity contribution >= 4 is 10.2 Å². The lowest BCUT2D eigenvalue weighted by Crippen LogP contribution is -2.41. The Bertz CT molecular complexity index is 331. The third kappa shape index (κ3) is 4.19. The molecule has 2 aliphatic heterocycles. The predicted molar refractivity (Wildman–Crippen MR) is 72.6 cm³/mol. The topological polar surface area (TPSA) is 61.4 Å². The van der Waals surface area contributed by atoms with Gasteiger partial charge in [-0.3, -0.25) is 0 Å². The first-order valence-corrected chi connectivity index (χ1v) is 8.58. The van der Waals surface area contributed by atoms with Gasteiger partial charge in [0, 0.05) is 19.6 Å². The van der Waals surface area contributed by atoms with E-state index in [0.717, 1.165) is 45.2 Å². The van der Waals surface area contributed by atoms with Gasteiger partial charge in [-0.2, -0.15) is 12.7 Å². The van der Waals surface area contributed by atoms with Crippen LogP contribution in [0.25, 0.3) is 0 Å². The second kappa shape index (κ2) is 6.84. The second-order valence-electron chi connectivity index (χ2n) is 5.36. The van der Waals surface area contributed by atoms with Crippen molar-refractivity contribution in [1.29, 1.82) is 0 Å². The molecule has 0 spiro atoms. The molecule has 2 N–H and O–H groups in total. The van der Waals surface area contributed by atoms with E-state index in [9.17, 15) is 8.42 Å². The molecule has 2 rings (SSSR count). The normalized spacial score (nSPS) is 27.2. The van der Waals surface area contributed by atoms with Crippen molar-refractivity contribution < 1.29 is 8.42 Å². The van der Waals surface area contributed by atoms with Crippen molar-refractivity contribution in [2.75, 3.05) is 32.7 Å². The van der Waals surface area contributed by atoms with Crippen LogP contribution in [0.3, 0.4) is 0 Å². The maximum atomic E-state index is 12.1. The Hall–Kier alpha value is -0.170. The smallest absolute Gasteiger partial charge is 0.279 e. The molecule has 2 saturated heterocycles. The van der Waals surface area contributed by atoms with Crippen LogP contribution in [0.1, 0.15) is 38.5 Å². The third-order valence-corrected chi connectivity index (χ3v) is 5.52. The first kappa shape index (κ1) is 14.2. The Morgan fingerprint density at radius 1 is 1.17 bits per heavy atom. The summed E-state index contributed by atoms with van der Waals surface area (Å²) in [6.07, 6.45) is 6.41. The second-order valence-corrected chi connectivity index (χ2v) is 7.12. The first-order chi connectivity index (χ1) is 8.68. The molecule has 106 valence electrons. The quantitative estimate of drug-likeness (QED) is 0.776. The molecule has 18 heavy (non-hydrogen) atoms. The molecule has 1 unspecified atom stereocenters. The Kier molecular flexibility index (Phi) is 5.41. The highest BCUT2D eigenvalue weighted by Gasteiger charge is 2.23. The fourth-order valence-electron chi connectivity index (χ4n) is 2.73. The van der Waals surface area contributed by atoms with Gasteiger partial charge in [0.2, 0.25) is 0 Å². The van der Waals surface area contributed by atoms with E-state index in [2.05, 4.69) is 10.0 Å². The van der Waals surface area contributed by atoms with Gasteiger partial charge in [-0.05, 0) is 44.7 Å². The zero-order valence-electron chi connectivity index (χ0n) is 11.0. The molecule has 1 atom stereocenters. The molecule has 0 bridgehead atoms. The number of nitrogens with zero attached hydrogens (tertiary/aromatic N) is 1. The van der Waals surface area contributed by atoms with E-state index in [-0.39, 0.29) is 0 Å². The van der Waals surface area contributed by atoms with Crippen molar-refractivity contribution in [1.82, 2.24) is 14.3 Å². The highest BCUT2D eigenvalue weighted by Crippen LogP contribution is 2.14. The van der Waals surface area contributed by atoms with Gasteiger partial charge in [-0.15, -0.1) is 0 Å². The molecule has 0 aromatic heterocycles. The van der Waals surface area contributed by atoms with Crippen molar-refractivity contribution in [3.05, 3.63) is 0 Å². The van der Waals surface area contributed by atoms with E-state index in [1.807, 2.05) is 0 Å². The average molecular weight is 275 g/mol. The first-order valence-electron chi connectivity index (χ1n) is 7.14. The maximum Gasteiger partial charge on any atom is 0.279 e. The summed E-state index contributed by atoms with van der Waals surface area (Å²) >= 11 is 0. The summed E-state index contributed by atoms with van der Waals surface area (Å²) in [5.74, 6) is 0.636. The average Bonchev–Trinajstić information content (AvgIpc) is 2.68. The van der Waals surface area contributed by atoms with Crippen LogP contribution in [-0.2, 0) is 10.2 Å². The van der Waals surface area contributed by atoms with E-state index < -0.39 is 10.2 Å². The molecule has 0 saturated carbocycles. The van der Waals surface area contributed by atoms with E-state index in [4.69, 9.17) is 0 Å². The van der Waals surface area contributed by atoms with Crippen LogP contribution in [0.15, 0.2) is 0 Å². The molecule has 2 fully saturated rings. The number of hydrogen-bond acceptors (Lipinski definition) is 3. The zero-order chi connectivity index (χ0) is 12.8. The molecule has 6 heteroatoms. The minimum atomic E-state index is -3.24. The lowest BCUT2D eigenvalue weighted by atomic mass is 10.1. The number of nitrogens with one attached hydrogen (secondary N) is 2. The van der Waals surface area contributed by atoms with Crippen LogP contribution < -0.4 is 10.0 Å². The fourth-order valence-corrected chi connectivity index (χ4v) is 4.02. The summed E-state index contributed by atoms with van der Waals surface area (Å²) < 4.78 is 28.6. The molecule has 2 aliphatic rings. The van der Waals surface area contributed by atoms with Gasteiger partial charge in [0.1, 0.15) is 0 Å². The predicted octanol–water partition coefficient (Wildman–Crippen LogP) is 0.696. The van der Waals surface area contributed by atoms with Crippen molar-refractivity contribution in [3.63, 3.8) is 0 Å². The summed E-state index contributed by atoms with van der Waals surface area (Å²) in [6.45, 7) is 4.04. The molecule has 0 amide bonds. The largest absolute Gasteiger partial charge is 0.316 e. The molecule has 2 heterocycles. The maximum absolute atomic E-state index is 12.1. The molecule has 0 aliphatic carbocycles. The van der Waals surface area contributed by atoms with E-state index >= 15 is 0 Å². The van der Waals surface area contributed by atoms with E-state index in [1.54, 1.807) is 4.31 Å². The van der Waals surface area contributed by atoms with Crippen molar-refractivity contribution in [2.24, 2.45) is 5.92 Å². The van der Waals surface area contributed by atoms with Gasteiger partial charge in [-0.1, -0.05) is 12.8 Å². The molecule has 0 radical (unpaired) electrons. The standard InChI is InChI=1S/C12H25N3O2S/c16-18(17,15-9-3-1-2-4-10-15)14-8-6-12-5-7-13-11-12/h12-14H,1-11H2. The molecular formula is C12H25N3O2S. The monoisotopic (exact) mass is 275 g/mol. The summed E-state index contributed by atoms with van der Waals surface area (Å²) in [4.78, 5) is 0. The van der Waals surface area contributed by atoms with Gasteiger partial charge in [0.15, 0.2) is 0 Å². The summed E-state index contributed by atoms with van der Waals surface area (Å²) in [5.41, 5.74) is 0. The van der Waals surface area contributed by atoms with Crippen LogP contribution in [0.4, 0.5) is 0 Å². The van der Waals surface area contributed by atoms with Gasteiger partial charge in [0.25, 0.3) is 10.2 Å². The molecule has 0 aromatic carbocycles. The van der Waals surface area contributed by atoms with Crippen molar-refractivity contribution in [3.8, 4) is 0 Å². The minimum absolute atomic E-state index is 0.575. The van der Waals surface area contributed by atoms with Gasteiger partial charge in [-0.25, -0.2) is 4.72 Å². The molecule has 0 aromatic rings. The zero-order valence-corrected chi connectivity index (χ0v) is 11.8. The number of rotatable bonds is 5. The summed E-state index contributed by atoms with van der Waals surface area (Å²) in [6, 6.07) is 0. The lowest BCUT2D eigenvalue weighted by Gasteiger charge is -2.20. The Morgan fingerprint density at radius 3 is 2.50 bits per heavy atom. The lowest BCUT2D eigenvalue weighted by molar-refractivity contribution is 0.411. The Labute approximate surface area is 110 Å². The fraction of sp³-hybridized carbons (Fsp3) is 1.00. The van der Waals surface area contributed by atoms with E-state index in [0.29, 0.717) is 25.6 Å². The Morgan fingerprint density at radius 2 is 1.89 bits per heavy atom. The highest BCUT2D eigenvalue weighted by atomic mass is 32.2. The van der Waals surface area contributed by atoms with Crippen LogP contribution in [0.2, 0.25) is 0 Å². The van der Waals surface area contributed by atoms with Crippen LogP contribution in [-0.4, -0.2) is 45.4 Å². The Balaban J connectivity index is 1.74. The van der Waals surface area contributed by atoms with Crippen LogP contribution in [0, 0.1) is 5.92 Å². The minimum Gasteiger partial charge on any atom is -0.316 e. The third-order valence-electron chi connectivity index (χ3n) is 3.90. The molecule has 5 nitrogen and oxygen atoms in total. The summed E-state index contributed by atoms with van der Waals surface area (Å²) in [5, 5.41) is 3.30. The van der Waals surface area contributed by atoms with Gasteiger partial charge >= 0.3 is 0 Å². The summed E-state index contributed by atoms with van der Waals surface area (Å²) in [7, 11) is -3.24. The van der Waals surface area contributed by atoms with Crippen LogP contribution in [0.5, 0.6) is 0 Å². The van der Waals surface area contributed by atoms with Gasteiger partial charge < -0.3 is 5.32 Å². The SMILES string of the molecule is O=S(=O)(NCCC1CCNC1)N1CCCCCC1. The highest BCUT2D eigenvalue weighted by molar-refractivity contribution is 7.87. The van der Waals surface area contributed by atoms with Gasteiger partial charge in [0.05, 0.1) is 0 Å². The van der Waals surface area contributed by atoms with E-state index in [1.165, 1.54) is 6.42 Å². The molecular weight excluding hydrogens is 250 g/mol.